The number of aromatic nitrogens is 1. The maximum Gasteiger partial charge on any atom is 0.509 e. The molecule has 144 valence electrons. The van der Waals surface area contributed by atoms with Gasteiger partial charge in [0, 0.05) is 18.5 Å². The van der Waals surface area contributed by atoms with Crippen LogP contribution in [0.1, 0.15) is 25.5 Å². The van der Waals surface area contributed by atoms with Gasteiger partial charge in [0.05, 0.1) is 29.1 Å². The zero-order chi connectivity index (χ0) is 19.8. The Kier molecular flexibility index (Phi) is 3.27. The van der Waals surface area contributed by atoms with Gasteiger partial charge in [0.2, 0.25) is 5.43 Å². The molecule has 0 amide bonds. The lowest BCUT2D eigenvalue weighted by molar-refractivity contribution is -0.0499. The number of hydrogen-bond donors (Lipinski definition) is 0. The van der Waals surface area contributed by atoms with Crippen molar-refractivity contribution in [3.05, 3.63) is 46.1 Å². The first kappa shape index (κ1) is 16.9. The molecule has 1 aromatic heterocycles. The highest BCUT2D eigenvalue weighted by atomic mass is 16.8. The number of ether oxygens (including phenoxy) is 4. The van der Waals surface area contributed by atoms with Crippen molar-refractivity contribution >= 4 is 28.0 Å². The van der Waals surface area contributed by atoms with Crippen molar-refractivity contribution in [2.24, 2.45) is 7.05 Å². The molecule has 1 fully saturated rings. The molecule has 0 N–H and O–H groups in total. The molecular weight excluding hydrogens is 362 g/mol. The number of carbonyl (C=O) groups is 1. The standard InChI is InChI=1S/C21H19NO6/c1-21(2)19-18(26-20(24)27-19)15-13(28-21)9-12(25-4)14-16(15)22(3)11-8-6-5-7-10(11)17(14)23/h5-9,18-19H,1-4H3/t18-,19-/m1/s1. The van der Waals surface area contributed by atoms with Crippen molar-refractivity contribution in [3.63, 3.8) is 0 Å². The minimum atomic E-state index is -0.793. The van der Waals surface area contributed by atoms with Gasteiger partial charge in [0.25, 0.3) is 0 Å². The van der Waals surface area contributed by atoms with E-state index in [4.69, 9.17) is 18.9 Å². The molecule has 2 aromatic carbocycles. The molecule has 0 bridgehead atoms. The highest BCUT2D eigenvalue weighted by molar-refractivity contribution is 5.99. The van der Waals surface area contributed by atoms with E-state index in [1.165, 1.54) is 7.11 Å². The normalized spacial score (nSPS) is 22.2. The van der Waals surface area contributed by atoms with Crippen LogP contribution in [0, 0.1) is 0 Å². The van der Waals surface area contributed by atoms with Gasteiger partial charge >= 0.3 is 6.16 Å². The second-order valence-corrected chi connectivity index (χ2v) is 7.65. The average Bonchev–Trinajstić information content (AvgIpc) is 3.07. The van der Waals surface area contributed by atoms with E-state index >= 15 is 0 Å². The summed E-state index contributed by atoms with van der Waals surface area (Å²) in [4.78, 5) is 25.3. The predicted octanol–water partition coefficient (Wildman–Crippen LogP) is 3.45. The zero-order valence-electron chi connectivity index (χ0n) is 15.9. The highest BCUT2D eigenvalue weighted by Crippen LogP contribution is 2.50. The maximum atomic E-state index is 13.3. The van der Waals surface area contributed by atoms with Gasteiger partial charge in [0.15, 0.2) is 12.2 Å². The lowest BCUT2D eigenvalue weighted by Gasteiger charge is -2.39. The minimum Gasteiger partial charge on any atom is -0.496 e. The molecule has 3 heterocycles. The lowest BCUT2D eigenvalue weighted by atomic mass is 9.87. The molecule has 0 radical (unpaired) electrons. The number of nitrogens with zero attached hydrogens (tertiary/aromatic N) is 1. The van der Waals surface area contributed by atoms with Gasteiger partial charge in [-0.05, 0) is 26.0 Å². The minimum absolute atomic E-state index is 0.144. The van der Waals surface area contributed by atoms with Crippen molar-refractivity contribution in [2.75, 3.05) is 7.11 Å². The number of aryl methyl sites for hydroxylation is 1. The molecule has 0 saturated carbocycles. The third-order valence-corrected chi connectivity index (χ3v) is 5.62. The fourth-order valence-electron chi connectivity index (χ4n) is 4.36. The SMILES string of the molecule is COc1cc2c(c3c1c(=O)c1ccccc1n3C)[C@H]1OC(=O)O[C@H]1C(C)(C)O2. The number of para-hydroxylation sites is 1. The number of carbonyl (C=O) groups excluding carboxylic acids is 1. The first-order valence-corrected chi connectivity index (χ1v) is 9.02. The number of pyridine rings is 1. The van der Waals surface area contributed by atoms with Crippen molar-refractivity contribution in [3.8, 4) is 11.5 Å². The third kappa shape index (κ3) is 2.04. The molecule has 0 spiro atoms. The van der Waals surface area contributed by atoms with Crippen LogP contribution in [0.3, 0.4) is 0 Å². The van der Waals surface area contributed by atoms with Gasteiger partial charge in [-0.25, -0.2) is 4.79 Å². The number of benzene rings is 2. The first-order chi connectivity index (χ1) is 13.3. The number of hydrogen-bond acceptors (Lipinski definition) is 6. The van der Waals surface area contributed by atoms with Crippen LogP contribution in [0.2, 0.25) is 0 Å². The molecule has 0 unspecified atom stereocenters. The Labute approximate surface area is 160 Å². The van der Waals surface area contributed by atoms with Crippen molar-refractivity contribution in [2.45, 2.75) is 31.7 Å². The van der Waals surface area contributed by atoms with Crippen LogP contribution in [0.4, 0.5) is 4.79 Å². The monoisotopic (exact) mass is 381 g/mol. The fourth-order valence-corrected chi connectivity index (χ4v) is 4.36. The quantitative estimate of drug-likeness (QED) is 0.475. The maximum absolute atomic E-state index is 13.3. The molecule has 28 heavy (non-hydrogen) atoms. The fraction of sp³-hybridized carbons (Fsp3) is 0.333. The summed E-state index contributed by atoms with van der Waals surface area (Å²) in [5, 5.41) is 1.01. The summed E-state index contributed by atoms with van der Waals surface area (Å²) in [7, 11) is 3.39. The van der Waals surface area contributed by atoms with Gasteiger partial charge in [-0.1, -0.05) is 12.1 Å². The first-order valence-electron chi connectivity index (χ1n) is 9.02. The molecule has 2 aliphatic heterocycles. The molecule has 2 atom stereocenters. The Morgan fingerprint density at radius 1 is 1.14 bits per heavy atom. The van der Waals surface area contributed by atoms with Gasteiger partial charge < -0.3 is 23.5 Å². The molecule has 7 nitrogen and oxygen atoms in total. The molecule has 3 aromatic rings. The smallest absolute Gasteiger partial charge is 0.496 e. The Hall–Kier alpha value is -3.22. The van der Waals surface area contributed by atoms with E-state index < -0.39 is 24.0 Å². The summed E-state index contributed by atoms with van der Waals surface area (Å²) < 4.78 is 24.6. The average molecular weight is 381 g/mol. The largest absolute Gasteiger partial charge is 0.509 e. The Morgan fingerprint density at radius 3 is 2.64 bits per heavy atom. The summed E-state index contributed by atoms with van der Waals surface area (Å²) in [5.74, 6) is 0.929. The lowest BCUT2D eigenvalue weighted by Crippen LogP contribution is -2.48. The van der Waals surface area contributed by atoms with Gasteiger partial charge in [0.1, 0.15) is 17.1 Å². The number of methoxy groups -OCH3 is 1. The van der Waals surface area contributed by atoms with Crippen LogP contribution in [-0.4, -0.2) is 29.5 Å². The van der Waals surface area contributed by atoms with E-state index in [-0.39, 0.29) is 5.43 Å². The molecule has 0 aliphatic carbocycles. The van der Waals surface area contributed by atoms with Gasteiger partial charge in [-0.15, -0.1) is 0 Å². The second-order valence-electron chi connectivity index (χ2n) is 7.65. The van der Waals surface area contributed by atoms with Gasteiger partial charge in [-0.2, -0.15) is 0 Å². The van der Waals surface area contributed by atoms with E-state index in [9.17, 15) is 9.59 Å². The van der Waals surface area contributed by atoms with E-state index in [0.717, 1.165) is 5.52 Å². The van der Waals surface area contributed by atoms with Crippen LogP contribution in [0.5, 0.6) is 11.5 Å². The second kappa shape index (κ2) is 5.41. The summed E-state index contributed by atoms with van der Waals surface area (Å²) in [5.41, 5.74) is 1.06. The van der Waals surface area contributed by atoms with E-state index in [0.29, 0.717) is 33.4 Å². The summed E-state index contributed by atoms with van der Waals surface area (Å²) in [6, 6.07) is 9.06. The van der Waals surface area contributed by atoms with E-state index in [1.807, 2.05) is 43.7 Å². The number of fused-ring (bicyclic) bond motifs is 6. The van der Waals surface area contributed by atoms with Crippen LogP contribution in [0.25, 0.3) is 21.8 Å². The summed E-state index contributed by atoms with van der Waals surface area (Å²) in [6.07, 6.45) is -2.04. The van der Waals surface area contributed by atoms with Crippen molar-refractivity contribution in [1.29, 1.82) is 0 Å². The Balaban J connectivity index is 1.99. The summed E-state index contributed by atoms with van der Waals surface area (Å²) >= 11 is 0. The Morgan fingerprint density at radius 2 is 1.89 bits per heavy atom. The third-order valence-electron chi connectivity index (χ3n) is 5.62. The van der Waals surface area contributed by atoms with E-state index in [1.54, 1.807) is 12.1 Å². The van der Waals surface area contributed by atoms with Gasteiger partial charge in [-0.3, -0.25) is 4.79 Å². The van der Waals surface area contributed by atoms with E-state index in [2.05, 4.69) is 0 Å². The zero-order valence-corrected chi connectivity index (χ0v) is 15.9. The predicted molar refractivity (Wildman–Crippen MR) is 102 cm³/mol. The van der Waals surface area contributed by atoms with Crippen LogP contribution in [0.15, 0.2) is 35.1 Å². The van der Waals surface area contributed by atoms with Crippen molar-refractivity contribution in [1.82, 2.24) is 4.57 Å². The summed E-state index contributed by atoms with van der Waals surface area (Å²) in [6.45, 7) is 3.68. The Bertz CT molecular complexity index is 1230. The molecular formula is C21H19NO6. The molecule has 7 heteroatoms. The highest BCUT2D eigenvalue weighted by Gasteiger charge is 2.54. The molecule has 1 saturated heterocycles. The number of rotatable bonds is 1. The molecule has 2 aliphatic rings. The van der Waals surface area contributed by atoms with Crippen LogP contribution < -0.4 is 14.9 Å². The van der Waals surface area contributed by atoms with Crippen molar-refractivity contribution < 1.29 is 23.7 Å². The van der Waals surface area contributed by atoms with Crippen LogP contribution in [-0.2, 0) is 16.5 Å². The van der Waals surface area contributed by atoms with Crippen LogP contribution >= 0.6 is 0 Å². The molecule has 5 rings (SSSR count). The topological polar surface area (TPSA) is 76.0 Å².